The van der Waals surface area contributed by atoms with Crippen LogP contribution in [-0.2, 0) is 19.1 Å². The molecule has 31 heavy (non-hydrogen) atoms. The molecule has 0 spiro atoms. The number of alkyl halides is 1. The second-order valence-corrected chi connectivity index (χ2v) is 9.05. The lowest BCUT2D eigenvalue weighted by atomic mass is 9.77. The van der Waals surface area contributed by atoms with Crippen LogP contribution in [0.5, 0.6) is 0 Å². The first kappa shape index (κ1) is 25.9. The Balaban J connectivity index is 1.65. The highest BCUT2D eigenvalue weighted by Crippen LogP contribution is 2.44. The van der Waals surface area contributed by atoms with Gasteiger partial charge in [-0.25, -0.2) is 0 Å². The maximum Gasteiger partial charge on any atom is 0.239 e. The Hall–Kier alpha value is -1.40. The summed E-state index contributed by atoms with van der Waals surface area (Å²) >= 11 is 5.52. The maximum atomic E-state index is 12.2. The number of ether oxygens (including phenoxy) is 1. The molecular formula is C24H39ClN2O4. The lowest BCUT2D eigenvalue weighted by Crippen LogP contribution is -2.42. The zero-order valence-electron chi connectivity index (χ0n) is 18.9. The Morgan fingerprint density at radius 2 is 1.71 bits per heavy atom. The number of rotatable bonds is 16. The third-order valence-electron chi connectivity index (χ3n) is 6.38. The van der Waals surface area contributed by atoms with E-state index in [4.69, 9.17) is 16.3 Å². The van der Waals surface area contributed by atoms with E-state index in [9.17, 15) is 14.4 Å². The van der Waals surface area contributed by atoms with Crippen molar-refractivity contribution < 1.29 is 19.1 Å². The molecule has 2 rings (SSSR count). The summed E-state index contributed by atoms with van der Waals surface area (Å²) < 4.78 is 6.10. The number of carbonyl (C=O) groups excluding carboxylic acids is 3. The normalized spacial score (nSPS) is 24.6. The van der Waals surface area contributed by atoms with Crippen molar-refractivity contribution in [1.82, 2.24) is 10.6 Å². The van der Waals surface area contributed by atoms with Gasteiger partial charge in [-0.05, 0) is 44.4 Å². The number of fused-ring (bicyclic) bond motifs is 2. The molecule has 2 aliphatic rings. The minimum absolute atomic E-state index is 0.0415. The molecule has 0 aromatic heterocycles. The predicted molar refractivity (Wildman–Crippen MR) is 123 cm³/mol. The number of allylic oxidation sites excluding steroid dienone is 2. The molecule has 2 fully saturated rings. The largest absolute Gasteiger partial charge is 0.374 e. The summed E-state index contributed by atoms with van der Waals surface area (Å²) in [5.74, 6) is 0.735. The smallest absolute Gasteiger partial charge is 0.239 e. The van der Waals surface area contributed by atoms with Crippen LogP contribution in [0.1, 0.15) is 77.6 Å². The first-order valence-corrected chi connectivity index (χ1v) is 12.5. The van der Waals surface area contributed by atoms with E-state index in [1.165, 1.54) is 0 Å². The van der Waals surface area contributed by atoms with Crippen LogP contribution in [0.2, 0.25) is 0 Å². The van der Waals surface area contributed by atoms with E-state index in [1.54, 1.807) is 0 Å². The molecule has 4 atom stereocenters. The molecule has 2 heterocycles. The van der Waals surface area contributed by atoms with Gasteiger partial charge in [-0.1, -0.05) is 38.3 Å². The summed E-state index contributed by atoms with van der Waals surface area (Å²) in [4.78, 5) is 35.3. The van der Waals surface area contributed by atoms with Crippen molar-refractivity contribution in [1.29, 1.82) is 0 Å². The van der Waals surface area contributed by atoms with Gasteiger partial charge in [-0.15, -0.1) is 11.6 Å². The number of unbranched alkanes of at least 4 members (excludes halogenated alkanes) is 4. The van der Waals surface area contributed by atoms with Gasteiger partial charge in [0.15, 0.2) is 0 Å². The third kappa shape index (κ3) is 9.32. The van der Waals surface area contributed by atoms with Gasteiger partial charge in [0.05, 0.1) is 24.6 Å². The monoisotopic (exact) mass is 454 g/mol. The van der Waals surface area contributed by atoms with Gasteiger partial charge in [0.2, 0.25) is 11.8 Å². The van der Waals surface area contributed by atoms with Crippen LogP contribution >= 0.6 is 11.6 Å². The molecule has 0 radical (unpaired) electrons. The molecular weight excluding hydrogens is 416 g/mol. The van der Waals surface area contributed by atoms with E-state index in [0.717, 1.165) is 57.8 Å². The molecule has 2 aliphatic heterocycles. The zero-order valence-corrected chi connectivity index (χ0v) is 19.6. The molecule has 6 nitrogen and oxygen atoms in total. The van der Waals surface area contributed by atoms with E-state index < -0.39 is 0 Å². The van der Waals surface area contributed by atoms with Crippen molar-refractivity contribution in [3.05, 3.63) is 12.2 Å². The second-order valence-electron chi connectivity index (χ2n) is 8.78. The highest BCUT2D eigenvalue weighted by molar-refractivity contribution is 6.27. The summed E-state index contributed by atoms with van der Waals surface area (Å²) in [6.07, 6.45) is 14.9. The van der Waals surface area contributed by atoms with Crippen LogP contribution in [0.25, 0.3) is 0 Å². The van der Waals surface area contributed by atoms with E-state index in [1.807, 2.05) is 0 Å². The average Bonchev–Trinajstić information content (AvgIpc) is 3.37. The minimum atomic E-state index is -0.136. The van der Waals surface area contributed by atoms with Crippen LogP contribution in [0.3, 0.4) is 0 Å². The van der Waals surface area contributed by atoms with Gasteiger partial charge >= 0.3 is 0 Å². The van der Waals surface area contributed by atoms with Crippen LogP contribution in [0.15, 0.2) is 12.2 Å². The van der Waals surface area contributed by atoms with Crippen molar-refractivity contribution in [2.24, 2.45) is 11.8 Å². The molecule has 2 saturated heterocycles. The quantitative estimate of drug-likeness (QED) is 0.210. The molecule has 2 N–H and O–H groups in total. The summed E-state index contributed by atoms with van der Waals surface area (Å²) in [5.41, 5.74) is 0. The van der Waals surface area contributed by atoms with Gasteiger partial charge in [0.1, 0.15) is 5.78 Å². The highest BCUT2D eigenvalue weighted by Gasteiger charge is 2.47. The Morgan fingerprint density at radius 1 is 0.935 bits per heavy atom. The zero-order chi connectivity index (χ0) is 22.5. The van der Waals surface area contributed by atoms with E-state index in [-0.39, 0.29) is 42.2 Å². The van der Waals surface area contributed by atoms with E-state index in [0.29, 0.717) is 31.2 Å². The van der Waals surface area contributed by atoms with Gasteiger partial charge < -0.3 is 15.4 Å². The summed E-state index contributed by atoms with van der Waals surface area (Å²) in [6, 6.07) is 0. The molecule has 7 heteroatoms. The average molecular weight is 455 g/mol. The van der Waals surface area contributed by atoms with Gasteiger partial charge in [0.25, 0.3) is 0 Å². The number of carbonyl (C=O) groups is 3. The van der Waals surface area contributed by atoms with Gasteiger partial charge in [0, 0.05) is 25.3 Å². The van der Waals surface area contributed by atoms with Crippen LogP contribution < -0.4 is 10.6 Å². The third-order valence-corrected chi connectivity index (χ3v) is 6.68. The van der Waals surface area contributed by atoms with Crippen LogP contribution in [0, 0.1) is 11.8 Å². The number of nitrogens with one attached hydrogen (secondary N) is 2. The number of hydrogen-bond acceptors (Lipinski definition) is 4. The number of hydrogen-bond donors (Lipinski definition) is 2. The first-order valence-electron chi connectivity index (χ1n) is 12.0. The molecule has 2 bridgehead atoms. The molecule has 2 amide bonds. The van der Waals surface area contributed by atoms with E-state index in [2.05, 4.69) is 29.7 Å². The molecule has 0 aliphatic carbocycles. The number of halogens is 1. The number of amides is 2. The standard InChI is InChI=1S/C24H39ClN2O4/c1-2-3-4-9-12-23(29)27-17-24(30)26-16-20-19(21-13-14-22(20)31-21)11-8-6-5-7-10-18(28)15-25/h6,8,19-22H,2-5,7,9-17H2,1H3,(H,26,30)(H,27,29)/t19-,20+,21-,22+/m0/s1. The Morgan fingerprint density at radius 3 is 2.45 bits per heavy atom. The van der Waals surface area contributed by atoms with Gasteiger partial charge in [-0.3, -0.25) is 14.4 Å². The SMILES string of the molecule is CCCCCCC(=O)NCC(=O)NC[C@@H]1[C@H](CC=CCCCC(=O)CCl)[C@@H]2CC[C@H]1O2. The molecule has 0 saturated carbocycles. The predicted octanol–water partition coefficient (Wildman–Crippen LogP) is 3.91. The summed E-state index contributed by atoms with van der Waals surface area (Å²) in [7, 11) is 0. The topological polar surface area (TPSA) is 84.5 Å². The molecule has 176 valence electrons. The van der Waals surface area contributed by atoms with E-state index >= 15 is 0 Å². The first-order chi connectivity index (χ1) is 15.0. The number of Topliss-reactive ketones (excluding diaryl/α,β-unsaturated/α-hetero) is 1. The Labute approximate surface area is 191 Å². The number of ketones is 1. The Bertz CT molecular complexity index is 610. The lowest BCUT2D eigenvalue weighted by Gasteiger charge is -2.27. The van der Waals surface area contributed by atoms with Crippen molar-refractivity contribution >= 4 is 29.2 Å². The molecule has 0 aromatic carbocycles. The molecule has 0 unspecified atom stereocenters. The van der Waals surface area contributed by atoms with Crippen molar-refractivity contribution in [3.63, 3.8) is 0 Å². The fourth-order valence-electron chi connectivity index (χ4n) is 4.61. The highest BCUT2D eigenvalue weighted by atomic mass is 35.5. The minimum Gasteiger partial charge on any atom is -0.374 e. The summed E-state index contributed by atoms with van der Waals surface area (Å²) in [6.45, 7) is 2.77. The van der Waals surface area contributed by atoms with Crippen molar-refractivity contribution in [2.45, 2.75) is 89.8 Å². The Kier molecular flexibility index (Phi) is 12.2. The molecule has 0 aromatic rings. The van der Waals surface area contributed by atoms with Crippen LogP contribution in [0.4, 0.5) is 0 Å². The van der Waals surface area contributed by atoms with Crippen molar-refractivity contribution in [3.8, 4) is 0 Å². The fraction of sp³-hybridized carbons (Fsp3) is 0.792. The lowest BCUT2D eigenvalue weighted by molar-refractivity contribution is -0.126. The van der Waals surface area contributed by atoms with Crippen LogP contribution in [-0.4, -0.2) is 48.8 Å². The maximum absolute atomic E-state index is 12.2. The second kappa shape index (κ2) is 14.6. The van der Waals surface area contributed by atoms with Crippen molar-refractivity contribution in [2.75, 3.05) is 19.0 Å². The van der Waals surface area contributed by atoms with Gasteiger partial charge in [-0.2, -0.15) is 0 Å². The summed E-state index contributed by atoms with van der Waals surface area (Å²) in [5, 5.41) is 5.71. The fourth-order valence-corrected chi connectivity index (χ4v) is 4.74.